The zero-order chi connectivity index (χ0) is 19.9. The van der Waals surface area contributed by atoms with Crippen LogP contribution in [0.5, 0.6) is 0 Å². The normalized spacial score (nSPS) is 14.4. The first kappa shape index (κ1) is 19.0. The number of fused-ring (bicyclic) bond motifs is 1. The topological polar surface area (TPSA) is 79.4 Å². The van der Waals surface area contributed by atoms with E-state index in [0.29, 0.717) is 12.1 Å². The third-order valence-electron chi connectivity index (χ3n) is 4.71. The van der Waals surface area contributed by atoms with Crippen LogP contribution in [0.3, 0.4) is 0 Å². The van der Waals surface area contributed by atoms with Crippen molar-refractivity contribution in [1.82, 2.24) is 14.6 Å². The number of aryl methyl sites for hydroxylation is 1. The number of carbonyl (C=O) groups is 1. The minimum atomic E-state index is -3.60. The molecule has 1 N–H and O–H groups in total. The number of nitrogens with zero attached hydrogens (tertiary/aromatic N) is 2. The maximum atomic E-state index is 13.0. The van der Waals surface area contributed by atoms with Gasteiger partial charge in [-0.2, -0.15) is 0 Å². The van der Waals surface area contributed by atoms with Gasteiger partial charge in [0.1, 0.15) is 5.01 Å². The highest BCUT2D eigenvalue weighted by molar-refractivity contribution is 7.89. The van der Waals surface area contributed by atoms with E-state index in [1.54, 1.807) is 35.4 Å². The van der Waals surface area contributed by atoms with Gasteiger partial charge in [0.05, 0.1) is 21.7 Å². The van der Waals surface area contributed by atoms with Crippen LogP contribution in [0.25, 0.3) is 10.2 Å². The summed E-state index contributed by atoms with van der Waals surface area (Å²) in [6.45, 7) is 2.18. The Morgan fingerprint density at radius 3 is 2.71 bits per heavy atom. The Morgan fingerprint density at radius 1 is 1.25 bits per heavy atom. The maximum Gasteiger partial charge on any atom is 0.254 e. The van der Waals surface area contributed by atoms with Crippen LogP contribution in [0.4, 0.5) is 0 Å². The van der Waals surface area contributed by atoms with E-state index in [0.717, 1.165) is 33.6 Å². The van der Waals surface area contributed by atoms with Gasteiger partial charge < -0.3 is 4.90 Å². The van der Waals surface area contributed by atoms with E-state index in [9.17, 15) is 13.2 Å². The number of para-hydroxylation sites is 1. The summed E-state index contributed by atoms with van der Waals surface area (Å²) < 4.78 is 28.7. The van der Waals surface area contributed by atoms with Crippen molar-refractivity contribution in [3.63, 3.8) is 0 Å². The van der Waals surface area contributed by atoms with Gasteiger partial charge in [0, 0.05) is 18.7 Å². The fourth-order valence-corrected chi connectivity index (χ4v) is 5.31. The van der Waals surface area contributed by atoms with Crippen LogP contribution in [-0.4, -0.2) is 37.3 Å². The van der Waals surface area contributed by atoms with E-state index in [2.05, 4.69) is 9.71 Å². The van der Waals surface area contributed by atoms with Crippen LogP contribution < -0.4 is 4.72 Å². The molecule has 0 atom stereocenters. The van der Waals surface area contributed by atoms with Gasteiger partial charge in [-0.15, -0.1) is 11.3 Å². The zero-order valence-corrected chi connectivity index (χ0v) is 17.3. The summed E-state index contributed by atoms with van der Waals surface area (Å²) in [5, 5.41) is 0.842. The minimum absolute atomic E-state index is 0.0205. The molecule has 0 unspecified atom stereocenters. The Kier molecular flexibility index (Phi) is 4.95. The van der Waals surface area contributed by atoms with E-state index in [1.165, 1.54) is 6.07 Å². The highest BCUT2D eigenvalue weighted by Crippen LogP contribution is 2.25. The first-order valence-electron chi connectivity index (χ1n) is 9.06. The molecule has 1 saturated carbocycles. The molecular weight excluding hydrogens is 394 g/mol. The van der Waals surface area contributed by atoms with Crippen LogP contribution >= 0.6 is 11.3 Å². The summed E-state index contributed by atoms with van der Waals surface area (Å²) in [6, 6.07) is 12.6. The highest BCUT2D eigenvalue weighted by atomic mass is 32.2. The highest BCUT2D eigenvalue weighted by Gasteiger charge is 2.29. The van der Waals surface area contributed by atoms with E-state index >= 15 is 0 Å². The van der Waals surface area contributed by atoms with Crippen LogP contribution in [-0.2, 0) is 16.6 Å². The number of rotatable bonds is 6. The molecule has 0 bridgehead atoms. The number of nitrogens with one attached hydrogen (secondary N) is 1. The number of hydrogen-bond donors (Lipinski definition) is 1. The second-order valence-corrected chi connectivity index (χ2v) is 9.94. The standard InChI is InChI=1S/C20H21N3O3S2/c1-13-7-10-15(28(25,26)22-14-8-9-14)11-16(13)20(24)23(2)12-19-21-17-5-3-4-6-18(17)27-19/h3-7,10-11,14,22H,8-9,12H2,1-2H3. The third kappa shape index (κ3) is 3.94. The lowest BCUT2D eigenvalue weighted by Gasteiger charge is -2.18. The van der Waals surface area contributed by atoms with E-state index in [4.69, 9.17) is 0 Å². The molecule has 4 rings (SSSR count). The molecule has 1 aliphatic rings. The molecule has 6 nitrogen and oxygen atoms in total. The summed E-state index contributed by atoms with van der Waals surface area (Å²) in [6.07, 6.45) is 1.73. The van der Waals surface area contributed by atoms with Crippen molar-refractivity contribution in [3.05, 3.63) is 58.6 Å². The van der Waals surface area contributed by atoms with Crippen molar-refractivity contribution in [2.24, 2.45) is 0 Å². The molecule has 0 radical (unpaired) electrons. The summed E-state index contributed by atoms with van der Waals surface area (Å²) >= 11 is 1.55. The van der Waals surface area contributed by atoms with Crippen LogP contribution in [0, 0.1) is 6.92 Å². The summed E-state index contributed by atoms with van der Waals surface area (Å²) in [4.78, 5) is 19.3. The van der Waals surface area contributed by atoms with Gasteiger partial charge in [-0.05, 0) is 49.6 Å². The summed E-state index contributed by atoms with van der Waals surface area (Å²) in [5.74, 6) is -0.222. The first-order chi connectivity index (χ1) is 13.3. The van der Waals surface area contributed by atoms with Crippen molar-refractivity contribution in [1.29, 1.82) is 0 Å². The van der Waals surface area contributed by atoms with Crippen molar-refractivity contribution in [3.8, 4) is 0 Å². The van der Waals surface area contributed by atoms with Gasteiger partial charge in [0.15, 0.2) is 0 Å². The molecule has 146 valence electrons. The number of aromatic nitrogens is 1. The lowest BCUT2D eigenvalue weighted by molar-refractivity contribution is 0.0784. The van der Waals surface area contributed by atoms with Crippen molar-refractivity contribution < 1.29 is 13.2 Å². The molecule has 1 amide bonds. The molecule has 3 aromatic rings. The van der Waals surface area contributed by atoms with Crippen molar-refractivity contribution >= 4 is 37.5 Å². The molecular formula is C20H21N3O3S2. The van der Waals surface area contributed by atoms with E-state index < -0.39 is 10.0 Å². The largest absolute Gasteiger partial charge is 0.335 e. The number of hydrogen-bond acceptors (Lipinski definition) is 5. The monoisotopic (exact) mass is 415 g/mol. The third-order valence-corrected chi connectivity index (χ3v) is 7.25. The molecule has 0 aliphatic heterocycles. The number of thiazole rings is 1. The molecule has 28 heavy (non-hydrogen) atoms. The fraction of sp³-hybridized carbons (Fsp3) is 0.300. The Hall–Kier alpha value is -2.29. The quantitative estimate of drug-likeness (QED) is 0.670. The molecule has 1 heterocycles. The maximum absolute atomic E-state index is 13.0. The lowest BCUT2D eigenvalue weighted by Crippen LogP contribution is -2.28. The molecule has 1 aromatic heterocycles. The SMILES string of the molecule is Cc1ccc(S(=O)(=O)NC2CC2)cc1C(=O)N(C)Cc1nc2ccccc2s1. The molecule has 1 fully saturated rings. The number of benzene rings is 2. The Labute approximate surface area is 168 Å². The molecule has 8 heteroatoms. The van der Waals surface area contributed by atoms with Gasteiger partial charge >= 0.3 is 0 Å². The van der Waals surface area contributed by atoms with Crippen molar-refractivity contribution in [2.75, 3.05) is 7.05 Å². The number of sulfonamides is 1. The van der Waals surface area contributed by atoms with Crippen LogP contribution in [0.15, 0.2) is 47.4 Å². The van der Waals surface area contributed by atoms with E-state index in [-0.39, 0.29) is 16.8 Å². The minimum Gasteiger partial charge on any atom is -0.335 e. The second kappa shape index (κ2) is 7.27. The molecule has 1 aliphatic carbocycles. The molecule has 0 spiro atoms. The Balaban J connectivity index is 1.56. The lowest BCUT2D eigenvalue weighted by atomic mass is 10.1. The molecule has 2 aromatic carbocycles. The van der Waals surface area contributed by atoms with E-state index in [1.807, 2.05) is 31.2 Å². The average Bonchev–Trinajstić information content (AvgIpc) is 3.36. The Morgan fingerprint density at radius 2 is 2.00 bits per heavy atom. The Bertz CT molecular complexity index is 1120. The number of amides is 1. The zero-order valence-electron chi connectivity index (χ0n) is 15.7. The van der Waals surface area contributed by atoms with Crippen molar-refractivity contribution in [2.45, 2.75) is 37.2 Å². The van der Waals surface area contributed by atoms with Gasteiger partial charge in [-0.1, -0.05) is 18.2 Å². The second-order valence-electron chi connectivity index (χ2n) is 7.11. The van der Waals surface area contributed by atoms with Gasteiger partial charge in [-0.3, -0.25) is 4.79 Å². The van der Waals surface area contributed by atoms with Crippen LogP contribution in [0.1, 0.15) is 33.8 Å². The summed E-state index contributed by atoms with van der Waals surface area (Å²) in [5.41, 5.74) is 2.05. The van der Waals surface area contributed by atoms with Gasteiger partial charge in [-0.25, -0.2) is 18.1 Å². The van der Waals surface area contributed by atoms with Gasteiger partial charge in [0.25, 0.3) is 5.91 Å². The van der Waals surface area contributed by atoms with Crippen LogP contribution in [0.2, 0.25) is 0 Å². The fourth-order valence-electron chi connectivity index (χ4n) is 2.96. The first-order valence-corrected chi connectivity index (χ1v) is 11.4. The van der Waals surface area contributed by atoms with Gasteiger partial charge in [0.2, 0.25) is 10.0 Å². The summed E-state index contributed by atoms with van der Waals surface area (Å²) in [7, 11) is -1.90. The average molecular weight is 416 g/mol. The number of carbonyl (C=O) groups excluding carboxylic acids is 1. The predicted molar refractivity (Wildman–Crippen MR) is 110 cm³/mol. The predicted octanol–water partition coefficient (Wildman–Crippen LogP) is 3.32. The smallest absolute Gasteiger partial charge is 0.254 e. The molecule has 0 saturated heterocycles.